The van der Waals surface area contributed by atoms with Crippen molar-refractivity contribution in [1.29, 1.82) is 0 Å². The van der Waals surface area contributed by atoms with E-state index in [1.807, 2.05) is 19.1 Å². The van der Waals surface area contributed by atoms with Crippen molar-refractivity contribution in [3.05, 3.63) is 34.2 Å². The summed E-state index contributed by atoms with van der Waals surface area (Å²) in [6, 6.07) is 6.18. The molecule has 1 aromatic carbocycles. The lowest BCUT2D eigenvalue weighted by molar-refractivity contribution is 0.112. The second-order valence-corrected chi connectivity index (χ2v) is 5.66. The second-order valence-electron chi connectivity index (χ2n) is 5.66. The standard InChI is InChI=1S/C16H24N4O2/c1-13(4-5-19-22)18-11-15-10-16(3-2-14(15)12-21)20-8-6-17-7-9-20/h2-3,10,12-13,17-18H,4-9,11H2,1H3. The summed E-state index contributed by atoms with van der Waals surface area (Å²) in [6.45, 7) is 6.89. The van der Waals surface area contributed by atoms with Crippen molar-refractivity contribution in [2.45, 2.75) is 25.9 Å². The third kappa shape index (κ3) is 4.61. The van der Waals surface area contributed by atoms with Gasteiger partial charge in [-0.3, -0.25) is 4.79 Å². The van der Waals surface area contributed by atoms with E-state index in [0.29, 0.717) is 25.1 Å². The average molecular weight is 304 g/mol. The molecule has 1 unspecified atom stereocenters. The Hall–Kier alpha value is -1.79. The molecule has 1 atom stereocenters. The Labute approximate surface area is 131 Å². The summed E-state index contributed by atoms with van der Waals surface area (Å²) >= 11 is 0. The topological polar surface area (TPSA) is 73.8 Å². The van der Waals surface area contributed by atoms with E-state index < -0.39 is 0 Å². The molecule has 22 heavy (non-hydrogen) atoms. The zero-order valence-electron chi connectivity index (χ0n) is 13.0. The summed E-state index contributed by atoms with van der Waals surface area (Å²) in [4.78, 5) is 23.7. The van der Waals surface area contributed by atoms with E-state index in [-0.39, 0.29) is 6.04 Å². The molecule has 0 saturated carbocycles. The largest absolute Gasteiger partial charge is 0.369 e. The van der Waals surface area contributed by atoms with Crippen LogP contribution in [0.5, 0.6) is 0 Å². The molecule has 6 nitrogen and oxygen atoms in total. The Morgan fingerprint density at radius 2 is 2.18 bits per heavy atom. The summed E-state index contributed by atoms with van der Waals surface area (Å²) in [5.74, 6) is 0. The number of anilines is 1. The van der Waals surface area contributed by atoms with E-state index in [4.69, 9.17) is 0 Å². The van der Waals surface area contributed by atoms with Gasteiger partial charge < -0.3 is 15.5 Å². The molecule has 0 amide bonds. The van der Waals surface area contributed by atoms with Gasteiger partial charge in [-0.25, -0.2) is 0 Å². The van der Waals surface area contributed by atoms with Crippen LogP contribution >= 0.6 is 0 Å². The van der Waals surface area contributed by atoms with Gasteiger partial charge in [0.1, 0.15) is 6.29 Å². The van der Waals surface area contributed by atoms with Crippen LogP contribution in [-0.4, -0.2) is 45.1 Å². The quantitative estimate of drug-likeness (QED) is 0.563. The van der Waals surface area contributed by atoms with Gasteiger partial charge in [-0.2, -0.15) is 4.91 Å². The number of benzene rings is 1. The SMILES string of the molecule is CC(CCN=O)NCc1cc(N2CCNCC2)ccc1C=O. The van der Waals surface area contributed by atoms with Crippen molar-refractivity contribution >= 4 is 12.0 Å². The van der Waals surface area contributed by atoms with Crippen LogP contribution in [0.1, 0.15) is 29.3 Å². The molecule has 0 aromatic heterocycles. The predicted octanol–water partition coefficient (Wildman–Crippen LogP) is 1.54. The van der Waals surface area contributed by atoms with Crippen molar-refractivity contribution < 1.29 is 4.79 Å². The van der Waals surface area contributed by atoms with Crippen molar-refractivity contribution in [2.75, 3.05) is 37.6 Å². The van der Waals surface area contributed by atoms with Crippen molar-refractivity contribution in [3.63, 3.8) is 0 Å². The summed E-state index contributed by atoms with van der Waals surface area (Å²) in [6.07, 6.45) is 1.60. The molecule has 0 spiro atoms. The van der Waals surface area contributed by atoms with Gasteiger partial charge in [0.25, 0.3) is 0 Å². The van der Waals surface area contributed by atoms with Gasteiger partial charge in [-0.15, -0.1) is 0 Å². The number of nitrogens with one attached hydrogen (secondary N) is 2. The first-order valence-corrected chi connectivity index (χ1v) is 7.81. The molecule has 1 fully saturated rings. The maximum atomic E-state index is 11.2. The number of aldehydes is 1. The summed E-state index contributed by atoms with van der Waals surface area (Å²) in [5, 5.41) is 9.57. The number of hydrogen-bond donors (Lipinski definition) is 2. The number of rotatable bonds is 8. The predicted molar refractivity (Wildman–Crippen MR) is 88.5 cm³/mol. The molecule has 1 aromatic rings. The van der Waals surface area contributed by atoms with Crippen LogP contribution in [0.15, 0.2) is 23.4 Å². The first kappa shape index (κ1) is 16.6. The van der Waals surface area contributed by atoms with Crippen molar-refractivity contribution in [2.24, 2.45) is 5.18 Å². The number of carbonyl (C=O) groups is 1. The summed E-state index contributed by atoms with van der Waals surface area (Å²) < 4.78 is 0. The highest BCUT2D eigenvalue weighted by Gasteiger charge is 2.13. The van der Waals surface area contributed by atoms with Crippen LogP contribution in [-0.2, 0) is 6.54 Å². The van der Waals surface area contributed by atoms with Crippen LogP contribution < -0.4 is 15.5 Å². The Morgan fingerprint density at radius 1 is 1.41 bits per heavy atom. The number of nitrogens with zero attached hydrogens (tertiary/aromatic N) is 2. The third-order valence-corrected chi connectivity index (χ3v) is 4.03. The fraction of sp³-hybridized carbons (Fsp3) is 0.562. The minimum atomic E-state index is 0.194. The van der Waals surface area contributed by atoms with E-state index in [9.17, 15) is 9.70 Å². The fourth-order valence-electron chi connectivity index (χ4n) is 2.61. The Kier molecular flexibility index (Phi) is 6.48. The minimum absolute atomic E-state index is 0.194. The lowest BCUT2D eigenvalue weighted by Gasteiger charge is -2.30. The molecule has 1 heterocycles. The van der Waals surface area contributed by atoms with E-state index >= 15 is 0 Å². The van der Waals surface area contributed by atoms with Crippen LogP contribution in [0.25, 0.3) is 0 Å². The average Bonchev–Trinajstić information content (AvgIpc) is 2.58. The smallest absolute Gasteiger partial charge is 0.150 e. The maximum absolute atomic E-state index is 11.2. The van der Waals surface area contributed by atoms with Crippen LogP contribution in [0.4, 0.5) is 5.69 Å². The highest BCUT2D eigenvalue weighted by atomic mass is 16.3. The second kappa shape index (κ2) is 8.60. The zero-order chi connectivity index (χ0) is 15.8. The van der Waals surface area contributed by atoms with Gasteiger partial charge in [0.15, 0.2) is 0 Å². The number of nitroso groups, excluding NO2 is 1. The lowest BCUT2D eigenvalue weighted by Crippen LogP contribution is -2.43. The maximum Gasteiger partial charge on any atom is 0.150 e. The molecule has 2 N–H and O–H groups in total. The molecule has 6 heteroatoms. The first-order valence-electron chi connectivity index (χ1n) is 7.81. The molecule has 0 aliphatic carbocycles. The summed E-state index contributed by atoms with van der Waals surface area (Å²) in [5.41, 5.74) is 2.87. The number of piperazine rings is 1. The highest BCUT2D eigenvalue weighted by Crippen LogP contribution is 2.19. The molecule has 1 aliphatic rings. The van der Waals surface area contributed by atoms with Crippen LogP contribution in [0.2, 0.25) is 0 Å². The van der Waals surface area contributed by atoms with Crippen molar-refractivity contribution in [3.8, 4) is 0 Å². The molecular weight excluding hydrogens is 280 g/mol. The molecular formula is C16H24N4O2. The number of carbonyl (C=O) groups excluding carboxylic acids is 1. The summed E-state index contributed by atoms with van der Waals surface area (Å²) in [7, 11) is 0. The van der Waals surface area contributed by atoms with Crippen LogP contribution in [0.3, 0.4) is 0 Å². The molecule has 2 rings (SSSR count). The van der Waals surface area contributed by atoms with Gasteiger partial charge in [0.2, 0.25) is 0 Å². The van der Waals surface area contributed by atoms with E-state index in [1.165, 1.54) is 0 Å². The zero-order valence-corrected chi connectivity index (χ0v) is 13.0. The van der Waals surface area contributed by atoms with Gasteiger partial charge in [-0.05, 0) is 37.1 Å². The highest BCUT2D eigenvalue weighted by molar-refractivity contribution is 5.78. The normalized spacial score (nSPS) is 16.3. The molecule has 0 radical (unpaired) electrons. The fourth-order valence-corrected chi connectivity index (χ4v) is 2.61. The van der Waals surface area contributed by atoms with Gasteiger partial charge >= 0.3 is 0 Å². The monoisotopic (exact) mass is 304 g/mol. The minimum Gasteiger partial charge on any atom is -0.369 e. The third-order valence-electron chi connectivity index (χ3n) is 4.03. The lowest BCUT2D eigenvalue weighted by atomic mass is 10.1. The Balaban J connectivity index is 2.03. The van der Waals surface area contributed by atoms with Crippen molar-refractivity contribution in [1.82, 2.24) is 10.6 Å². The first-order chi connectivity index (χ1) is 10.7. The van der Waals surface area contributed by atoms with E-state index in [0.717, 1.165) is 43.7 Å². The molecule has 0 bridgehead atoms. The van der Waals surface area contributed by atoms with Gasteiger partial charge in [0, 0.05) is 50.0 Å². The van der Waals surface area contributed by atoms with Gasteiger partial charge in [0.05, 0.1) is 6.54 Å². The van der Waals surface area contributed by atoms with E-state index in [1.54, 1.807) is 0 Å². The van der Waals surface area contributed by atoms with Crippen LogP contribution in [0, 0.1) is 4.91 Å². The molecule has 120 valence electrons. The Bertz CT molecular complexity index is 501. The van der Waals surface area contributed by atoms with E-state index in [2.05, 4.69) is 26.8 Å². The Morgan fingerprint density at radius 3 is 2.86 bits per heavy atom. The number of hydrogen-bond acceptors (Lipinski definition) is 6. The molecule has 1 saturated heterocycles. The van der Waals surface area contributed by atoms with Gasteiger partial charge in [-0.1, -0.05) is 5.18 Å². The molecule has 1 aliphatic heterocycles.